The van der Waals surface area contributed by atoms with Crippen molar-refractivity contribution in [3.63, 3.8) is 0 Å². The number of nitrogens with two attached hydrogens (primary N) is 1. The molecule has 39 heavy (non-hydrogen) atoms. The Morgan fingerprint density at radius 3 is 2.36 bits per heavy atom. The van der Waals surface area contributed by atoms with Gasteiger partial charge in [-0.3, -0.25) is 0 Å². The van der Waals surface area contributed by atoms with Crippen LogP contribution in [0.25, 0.3) is 0 Å². The fraction of sp³-hybridized carbons (Fsp3) is 0.346. The second-order valence-corrected chi connectivity index (χ2v) is 10.9. The Bertz CT molecular complexity index is 1500. The molecule has 2 aromatic carbocycles. The van der Waals surface area contributed by atoms with E-state index < -0.39 is 10.2 Å². The zero-order chi connectivity index (χ0) is 28.2. The van der Waals surface area contributed by atoms with Crippen molar-refractivity contribution in [3.05, 3.63) is 82.4 Å². The van der Waals surface area contributed by atoms with Gasteiger partial charge in [0, 0.05) is 30.6 Å². The average Bonchev–Trinajstić information content (AvgIpc) is 3.27. The maximum absolute atomic E-state index is 13.2. The minimum Gasteiger partial charge on any atom is -0.368 e. The molecule has 0 radical (unpaired) electrons. The summed E-state index contributed by atoms with van der Waals surface area (Å²) in [5, 5.41) is 11.2. The summed E-state index contributed by atoms with van der Waals surface area (Å²) >= 11 is 6.16. The van der Waals surface area contributed by atoms with Crippen LogP contribution in [0.15, 0.2) is 69.1 Å². The molecule has 1 aliphatic rings. The molecule has 0 amide bonds. The van der Waals surface area contributed by atoms with Crippen LogP contribution in [0.2, 0.25) is 5.02 Å². The van der Waals surface area contributed by atoms with Crippen LogP contribution in [0.4, 0.5) is 0 Å². The summed E-state index contributed by atoms with van der Waals surface area (Å²) in [6.07, 6.45) is 0.632. The van der Waals surface area contributed by atoms with Gasteiger partial charge in [-0.2, -0.15) is 27.5 Å². The third-order valence-electron chi connectivity index (χ3n) is 6.30. The summed E-state index contributed by atoms with van der Waals surface area (Å²) in [7, 11) is -4.07. The molecule has 0 aliphatic carbocycles. The second-order valence-electron chi connectivity index (χ2n) is 8.91. The molecule has 1 aromatic heterocycles. The Morgan fingerprint density at radius 2 is 1.77 bits per heavy atom. The van der Waals surface area contributed by atoms with E-state index in [0.717, 1.165) is 16.8 Å². The van der Waals surface area contributed by atoms with Crippen molar-refractivity contribution >= 4 is 39.4 Å². The molecule has 1 atom stereocenters. The maximum Gasteiger partial charge on any atom is 0.325 e. The van der Waals surface area contributed by atoms with Crippen molar-refractivity contribution in [1.29, 1.82) is 0 Å². The number of rotatable bonds is 6. The zero-order valence-electron chi connectivity index (χ0n) is 22.4. The first kappa shape index (κ1) is 28.4. The molecule has 13 heteroatoms. The molecule has 0 fully saturated rings. The van der Waals surface area contributed by atoms with E-state index in [2.05, 4.69) is 31.6 Å². The first-order valence-electron chi connectivity index (χ1n) is 12.6. The lowest BCUT2D eigenvalue weighted by molar-refractivity contribution is 0.398. The van der Waals surface area contributed by atoms with E-state index in [-0.39, 0.29) is 30.9 Å². The fourth-order valence-electron chi connectivity index (χ4n) is 4.40. The molecule has 3 aromatic rings. The lowest BCUT2D eigenvalue weighted by Gasteiger charge is -2.31. The third kappa shape index (κ3) is 6.52. The second kappa shape index (κ2) is 12.1. The topological polar surface area (TPSA) is 134 Å². The molecule has 11 nitrogen and oxygen atoms in total. The number of aliphatic imine (C=N–C) groups is 1. The van der Waals surface area contributed by atoms with Crippen LogP contribution in [-0.4, -0.2) is 69.8 Å². The van der Waals surface area contributed by atoms with Gasteiger partial charge >= 0.3 is 10.2 Å². The van der Waals surface area contributed by atoms with E-state index in [1.54, 1.807) is 39.8 Å². The van der Waals surface area contributed by atoms with E-state index in [4.69, 9.17) is 22.4 Å². The number of guanidine groups is 1. The van der Waals surface area contributed by atoms with Crippen LogP contribution in [0, 0.1) is 13.8 Å². The fourth-order valence-corrected chi connectivity index (χ4v) is 5.63. The van der Waals surface area contributed by atoms with Gasteiger partial charge in [-0.25, -0.2) is 9.99 Å². The summed E-state index contributed by atoms with van der Waals surface area (Å²) in [5.74, 6) is 0.741. The van der Waals surface area contributed by atoms with E-state index in [9.17, 15) is 8.42 Å². The number of halogens is 1. The molecule has 0 saturated carbocycles. The molecule has 1 unspecified atom stereocenters. The van der Waals surface area contributed by atoms with Crippen LogP contribution in [0.5, 0.6) is 0 Å². The molecule has 0 spiro atoms. The predicted octanol–water partition coefficient (Wildman–Crippen LogP) is 3.55. The largest absolute Gasteiger partial charge is 0.368 e. The first-order valence-corrected chi connectivity index (χ1v) is 14.4. The van der Waals surface area contributed by atoms with Crippen molar-refractivity contribution in [2.75, 3.05) is 19.6 Å². The first-order chi connectivity index (χ1) is 18.6. The Kier molecular flexibility index (Phi) is 8.78. The number of nitrogens with zero attached hydrogens (tertiary/aromatic N) is 8. The number of hydrazone groups is 1. The minimum atomic E-state index is -4.07. The quantitative estimate of drug-likeness (QED) is 0.356. The molecule has 0 bridgehead atoms. The van der Waals surface area contributed by atoms with E-state index in [0.29, 0.717) is 29.6 Å². The van der Waals surface area contributed by atoms with Gasteiger partial charge in [-0.05, 0) is 43.5 Å². The molecule has 2 N–H and O–H groups in total. The van der Waals surface area contributed by atoms with Gasteiger partial charge in [0.15, 0.2) is 0 Å². The average molecular weight is 570 g/mol. The van der Waals surface area contributed by atoms with Crippen LogP contribution in [-0.2, 0) is 10.2 Å². The predicted molar refractivity (Wildman–Crippen MR) is 154 cm³/mol. The van der Waals surface area contributed by atoms with E-state index >= 15 is 0 Å². The molecule has 1 aliphatic heterocycles. The van der Waals surface area contributed by atoms with Crippen LogP contribution >= 0.6 is 11.6 Å². The highest BCUT2D eigenvalue weighted by molar-refractivity contribution is 7.87. The highest BCUT2D eigenvalue weighted by Gasteiger charge is 2.30. The third-order valence-corrected chi connectivity index (χ3v) is 8.11. The van der Waals surface area contributed by atoms with Crippen molar-refractivity contribution in [3.8, 4) is 0 Å². The molecule has 0 saturated heterocycles. The molecular weight excluding hydrogens is 538 g/mol. The van der Waals surface area contributed by atoms with Gasteiger partial charge in [0.05, 0.1) is 5.71 Å². The number of aryl methyl sites for hydroxylation is 2. The summed E-state index contributed by atoms with van der Waals surface area (Å²) in [6.45, 7) is 7.82. The van der Waals surface area contributed by atoms with Gasteiger partial charge in [0.25, 0.3) is 5.96 Å². The Morgan fingerprint density at radius 1 is 1.10 bits per heavy atom. The minimum absolute atomic E-state index is 0.0363. The summed E-state index contributed by atoms with van der Waals surface area (Å²) in [5.41, 5.74) is 8.97. The molecule has 2 heterocycles. The number of benzene rings is 2. The van der Waals surface area contributed by atoms with Crippen molar-refractivity contribution < 1.29 is 8.42 Å². The monoisotopic (exact) mass is 569 g/mol. The SMILES string of the molecule is CCN(CC)S(=O)(=O)/N=C(\N=C(/N)n1nc(C)nc1C)N1CCC(c2ccccc2)C(c2ccc(Cl)cc2)=N1. The Labute approximate surface area is 233 Å². The van der Waals surface area contributed by atoms with Crippen molar-refractivity contribution in [2.24, 2.45) is 20.2 Å². The number of hydrogen-bond donors (Lipinski definition) is 1. The molecular formula is C26H32ClN9O2S. The number of hydrogen-bond acceptors (Lipinski definition) is 5. The van der Waals surface area contributed by atoms with Gasteiger partial charge in [0.2, 0.25) is 5.96 Å². The lowest BCUT2D eigenvalue weighted by Crippen LogP contribution is -2.39. The highest BCUT2D eigenvalue weighted by atomic mass is 35.5. The summed E-state index contributed by atoms with van der Waals surface area (Å²) < 4.78 is 33.1. The zero-order valence-corrected chi connectivity index (χ0v) is 23.9. The standard InChI is InChI=1S/C26H32ClN9O2S/c1-5-34(6-2)39(37,38)33-26(30-25(28)36-19(4)29-18(3)31-36)35-17-16-23(20-10-8-7-9-11-20)24(32-35)21-12-14-22(27)15-13-21/h7-15,23H,5-6,16-17H2,1-4H3,(H2,28,30,33). The van der Waals surface area contributed by atoms with Gasteiger partial charge in [0.1, 0.15) is 11.6 Å². The van der Waals surface area contributed by atoms with Crippen LogP contribution in [0.3, 0.4) is 0 Å². The molecule has 4 rings (SSSR count). The van der Waals surface area contributed by atoms with E-state index in [1.165, 1.54) is 14.0 Å². The Hall–Kier alpha value is -3.61. The van der Waals surface area contributed by atoms with Crippen molar-refractivity contribution in [1.82, 2.24) is 24.1 Å². The van der Waals surface area contributed by atoms with E-state index in [1.807, 2.05) is 30.3 Å². The summed E-state index contributed by atoms with van der Waals surface area (Å²) in [4.78, 5) is 8.67. The highest BCUT2D eigenvalue weighted by Crippen LogP contribution is 2.30. The Balaban J connectivity index is 1.87. The van der Waals surface area contributed by atoms with Gasteiger partial charge in [-0.1, -0.05) is 67.9 Å². The van der Waals surface area contributed by atoms with Gasteiger partial charge in [-0.15, -0.1) is 9.50 Å². The normalized spacial score (nSPS) is 17.0. The summed E-state index contributed by atoms with van der Waals surface area (Å²) in [6, 6.07) is 17.4. The maximum atomic E-state index is 13.2. The van der Waals surface area contributed by atoms with Crippen LogP contribution < -0.4 is 5.73 Å². The lowest BCUT2D eigenvalue weighted by atomic mass is 9.86. The van der Waals surface area contributed by atoms with Crippen LogP contribution in [0.1, 0.15) is 49.0 Å². The van der Waals surface area contributed by atoms with Gasteiger partial charge < -0.3 is 5.73 Å². The van der Waals surface area contributed by atoms with Crippen molar-refractivity contribution in [2.45, 2.75) is 40.0 Å². The molecule has 206 valence electrons. The number of aromatic nitrogens is 3. The smallest absolute Gasteiger partial charge is 0.325 e.